The van der Waals surface area contributed by atoms with Crippen LogP contribution in [0.5, 0.6) is 0 Å². The van der Waals surface area contributed by atoms with Crippen molar-refractivity contribution in [2.75, 3.05) is 5.75 Å². The summed E-state index contributed by atoms with van der Waals surface area (Å²) in [4.78, 5) is 12.6. The Balaban J connectivity index is 1.67. The minimum atomic E-state index is -0.0168. The molecule has 0 radical (unpaired) electrons. The molecule has 2 aromatic carbocycles. The van der Waals surface area contributed by atoms with Crippen LogP contribution in [0.4, 0.5) is 0 Å². The summed E-state index contributed by atoms with van der Waals surface area (Å²) >= 11 is 1.39. The zero-order valence-electron chi connectivity index (χ0n) is 16.8. The first-order valence-corrected chi connectivity index (χ1v) is 10.7. The van der Waals surface area contributed by atoms with Gasteiger partial charge in [-0.1, -0.05) is 84.9 Å². The summed E-state index contributed by atoms with van der Waals surface area (Å²) < 4.78 is 1.98. The quantitative estimate of drug-likeness (QED) is 0.410. The van der Waals surface area contributed by atoms with E-state index in [1.54, 1.807) is 0 Å². The predicted octanol–water partition coefficient (Wildman–Crippen LogP) is 4.80. The molecule has 150 valence electrons. The fourth-order valence-electron chi connectivity index (χ4n) is 3.08. The third-order valence-corrected chi connectivity index (χ3v) is 5.58. The van der Waals surface area contributed by atoms with Crippen molar-refractivity contribution in [3.8, 4) is 11.4 Å². The summed E-state index contributed by atoms with van der Waals surface area (Å²) in [6.07, 6.45) is 2.65. The van der Waals surface area contributed by atoms with Gasteiger partial charge in [0.2, 0.25) is 5.91 Å². The lowest BCUT2D eigenvalue weighted by Gasteiger charge is -2.17. The van der Waals surface area contributed by atoms with Crippen LogP contribution in [0.3, 0.4) is 0 Å². The van der Waals surface area contributed by atoms with E-state index in [0.717, 1.165) is 23.4 Å². The molecule has 1 heterocycles. The molecule has 0 spiro atoms. The molecule has 0 bridgehead atoms. The smallest absolute Gasteiger partial charge is 0.230 e. The lowest BCUT2D eigenvalue weighted by Crippen LogP contribution is -2.29. The minimum absolute atomic E-state index is 0.00891. The van der Waals surface area contributed by atoms with Gasteiger partial charge in [-0.2, -0.15) is 0 Å². The van der Waals surface area contributed by atoms with Crippen molar-refractivity contribution >= 4 is 17.7 Å². The first-order valence-electron chi connectivity index (χ1n) is 9.70. The molecule has 5 nitrogen and oxygen atoms in total. The number of nitrogens with zero attached hydrogens (tertiary/aromatic N) is 3. The molecule has 0 saturated carbocycles. The van der Waals surface area contributed by atoms with Gasteiger partial charge in [0.15, 0.2) is 11.0 Å². The van der Waals surface area contributed by atoms with Gasteiger partial charge < -0.3 is 5.32 Å². The van der Waals surface area contributed by atoms with Crippen LogP contribution >= 0.6 is 11.8 Å². The molecule has 0 aliphatic heterocycles. The Morgan fingerprint density at radius 2 is 1.90 bits per heavy atom. The van der Waals surface area contributed by atoms with Crippen molar-refractivity contribution in [1.29, 1.82) is 0 Å². The van der Waals surface area contributed by atoms with Crippen molar-refractivity contribution in [2.24, 2.45) is 0 Å². The number of amides is 1. The van der Waals surface area contributed by atoms with Crippen molar-refractivity contribution < 1.29 is 4.79 Å². The van der Waals surface area contributed by atoms with Crippen molar-refractivity contribution in [3.63, 3.8) is 0 Å². The highest BCUT2D eigenvalue weighted by atomic mass is 32.2. The summed E-state index contributed by atoms with van der Waals surface area (Å²) in [6.45, 7) is 8.55. The second-order valence-corrected chi connectivity index (χ2v) is 7.74. The van der Waals surface area contributed by atoms with Gasteiger partial charge in [0.1, 0.15) is 0 Å². The topological polar surface area (TPSA) is 59.8 Å². The SMILES string of the molecule is C=CCn1c(SCC(=O)N[C@@H](CC)c2ccc(C)cc2)nnc1-c1ccccc1. The first kappa shape index (κ1) is 20.9. The van der Waals surface area contributed by atoms with Gasteiger partial charge in [0.05, 0.1) is 11.8 Å². The Labute approximate surface area is 176 Å². The summed E-state index contributed by atoms with van der Waals surface area (Å²) in [5.74, 6) is 1.04. The van der Waals surface area contributed by atoms with Gasteiger partial charge >= 0.3 is 0 Å². The van der Waals surface area contributed by atoms with Crippen molar-refractivity contribution in [3.05, 3.63) is 78.4 Å². The van der Waals surface area contributed by atoms with Crippen molar-refractivity contribution in [2.45, 2.75) is 38.0 Å². The van der Waals surface area contributed by atoms with Gasteiger partial charge in [-0.25, -0.2) is 0 Å². The number of carbonyl (C=O) groups is 1. The molecule has 0 fully saturated rings. The van der Waals surface area contributed by atoms with E-state index in [0.29, 0.717) is 11.7 Å². The Kier molecular flexibility index (Phi) is 7.25. The zero-order chi connectivity index (χ0) is 20.6. The molecular weight excluding hydrogens is 380 g/mol. The van der Waals surface area contributed by atoms with E-state index in [1.165, 1.54) is 17.3 Å². The number of aryl methyl sites for hydroxylation is 1. The van der Waals surface area contributed by atoms with Crippen LogP contribution in [0.15, 0.2) is 72.4 Å². The molecule has 1 atom stereocenters. The number of allylic oxidation sites excluding steroid dienone is 1. The zero-order valence-corrected chi connectivity index (χ0v) is 17.7. The average Bonchev–Trinajstić information content (AvgIpc) is 3.15. The Hall–Kier alpha value is -2.86. The largest absolute Gasteiger partial charge is 0.349 e. The Morgan fingerprint density at radius 3 is 2.55 bits per heavy atom. The highest BCUT2D eigenvalue weighted by Gasteiger charge is 2.17. The molecule has 1 aromatic heterocycles. The van der Waals surface area contributed by atoms with Crippen LogP contribution in [0.2, 0.25) is 0 Å². The predicted molar refractivity (Wildman–Crippen MR) is 119 cm³/mol. The lowest BCUT2D eigenvalue weighted by molar-refractivity contribution is -0.119. The van der Waals surface area contributed by atoms with Gasteiger partial charge in [-0.3, -0.25) is 9.36 Å². The van der Waals surface area contributed by atoms with Crippen LogP contribution in [-0.2, 0) is 11.3 Å². The second kappa shape index (κ2) is 10.1. The van der Waals surface area contributed by atoms with E-state index in [9.17, 15) is 4.79 Å². The maximum atomic E-state index is 12.6. The minimum Gasteiger partial charge on any atom is -0.349 e. The second-order valence-electron chi connectivity index (χ2n) is 6.80. The molecule has 3 aromatic rings. The number of carbonyl (C=O) groups excluding carboxylic acids is 1. The normalized spacial score (nSPS) is 11.8. The van der Waals surface area contributed by atoms with Crippen molar-refractivity contribution in [1.82, 2.24) is 20.1 Å². The van der Waals surface area contributed by atoms with E-state index in [1.807, 2.05) is 41.0 Å². The molecule has 1 amide bonds. The van der Waals surface area contributed by atoms with E-state index in [-0.39, 0.29) is 17.7 Å². The average molecular weight is 407 g/mol. The molecule has 0 saturated heterocycles. The Morgan fingerprint density at radius 1 is 1.17 bits per heavy atom. The number of aromatic nitrogens is 3. The van der Waals surface area contributed by atoms with Gasteiger partial charge in [-0.15, -0.1) is 16.8 Å². The monoisotopic (exact) mass is 406 g/mol. The fourth-order valence-corrected chi connectivity index (χ4v) is 3.83. The van der Waals surface area contributed by atoms with E-state index >= 15 is 0 Å². The molecule has 1 N–H and O–H groups in total. The van der Waals surface area contributed by atoms with E-state index < -0.39 is 0 Å². The van der Waals surface area contributed by atoms with Crippen LogP contribution < -0.4 is 5.32 Å². The van der Waals surface area contributed by atoms with Gasteiger partial charge in [0.25, 0.3) is 0 Å². The van der Waals surface area contributed by atoms with Crippen LogP contribution in [0.25, 0.3) is 11.4 Å². The third-order valence-electron chi connectivity index (χ3n) is 4.62. The summed E-state index contributed by atoms with van der Waals surface area (Å²) in [5, 5.41) is 12.5. The van der Waals surface area contributed by atoms with E-state index in [2.05, 4.69) is 60.2 Å². The van der Waals surface area contributed by atoms with E-state index in [4.69, 9.17) is 0 Å². The highest BCUT2D eigenvalue weighted by Crippen LogP contribution is 2.24. The summed E-state index contributed by atoms with van der Waals surface area (Å²) in [6, 6.07) is 18.2. The van der Waals surface area contributed by atoms with Gasteiger partial charge in [-0.05, 0) is 18.9 Å². The maximum absolute atomic E-state index is 12.6. The third kappa shape index (κ3) is 5.35. The van der Waals surface area contributed by atoms with Crippen LogP contribution in [-0.4, -0.2) is 26.4 Å². The first-order chi connectivity index (χ1) is 14.1. The number of hydrogen-bond donors (Lipinski definition) is 1. The number of benzene rings is 2. The fraction of sp³-hybridized carbons (Fsp3) is 0.261. The lowest BCUT2D eigenvalue weighted by atomic mass is 10.0. The number of thioether (sulfide) groups is 1. The van der Waals surface area contributed by atoms with Crippen LogP contribution in [0, 0.1) is 6.92 Å². The number of rotatable bonds is 9. The molecule has 0 aliphatic rings. The van der Waals surface area contributed by atoms with Crippen LogP contribution in [0.1, 0.15) is 30.5 Å². The summed E-state index contributed by atoms with van der Waals surface area (Å²) in [7, 11) is 0. The maximum Gasteiger partial charge on any atom is 0.230 e. The highest BCUT2D eigenvalue weighted by molar-refractivity contribution is 7.99. The van der Waals surface area contributed by atoms with Gasteiger partial charge in [0, 0.05) is 12.1 Å². The molecule has 3 rings (SSSR count). The number of hydrogen-bond acceptors (Lipinski definition) is 4. The molecule has 6 heteroatoms. The molecule has 0 unspecified atom stereocenters. The summed E-state index contributed by atoms with van der Waals surface area (Å²) in [5.41, 5.74) is 3.32. The number of nitrogens with one attached hydrogen (secondary N) is 1. The molecular formula is C23H26N4OS. The molecule has 0 aliphatic carbocycles. The molecule has 29 heavy (non-hydrogen) atoms. The standard InChI is InChI=1S/C23H26N4OS/c1-4-15-27-22(19-9-7-6-8-10-19)25-26-23(27)29-16-21(28)24-20(5-2)18-13-11-17(3)12-14-18/h4,6-14,20H,1,5,15-16H2,2-3H3,(H,24,28)/t20-/m0/s1. The Bertz CT molecular complexity index is 951.